The summed E-state index contributed by atoms with van der Waals surface area (Å²) >= 11 is 3.25. The summed E-state index contributed by atoms with van der Waals surface area (Å²) in [6.07, 6.45) is 3.48. The summed E-state index contributed by atoms with van der Waals surface area (Å²) in [6.45, 7) is 1.39. The van der Waals surface area contributed by atoms with Crippen molar-refractivity contribution < 1.29 is 9.53 Å². The van der Waals surface area contributed by atoms with Crippen molar-refractivity contribution >= 4 is 43.9 Å². The molecular weight excluding hydrogens is 352 g/mol. The van der Waals surface area contributed by atoms with E-state index in [2.05, 4.69) is 22.9 Å². The maximum atomic E-state index is 12.9. The number of thiophene rings is 1. The van der Waals surface area contributed by atoms with Gasteiger partial charge in [0.25, 0.3) is 0 Å². The molecule has 4 nitrogen and oxygen atoms in total. The Bertz CT molecular complexity index is 805. The quantitative estimate of drug-likeness (QED) is 0.640. The number of rotatable bonds is 6. The maximum absolute atomic E-state index is 12.9. The number of amides is 1. The molecule has 0 radical (unpaired) electrons. The minimum Gasteiger partial charge on any atom is -0.376 e. The van der Waals surface area contributed by atoms with Gasteiger partial charge in [-0.3, -0.25) is 9.69 Å². The summed E-state index contributed by atoms with van der Waals surface area (Å²) in [5, 5.41) is 4.94. The van der Waals surface area contributed by atoms with Gasteiger partial charge in [-0.1, -0.05) is 23.5 Å². The van der Waals surface area contributed by atoms with Crippen LogP contribution < -0.4 is 4.90 Å². The number of nitrogens with zero attached hydrogens (tertiary/aromatic N) is 2. The van der Waals surface area contributed by atoms with E-state index < -0.39 is 0 Å². The van der Waals surface area contributed by atoms with E-state index >= 15 is 0 Å². The summed E-state index contributed by atoms with van der Waals surface area (Å²) in [5.74, 6) is 0.126. The number of anilines is 1. The number of carbonyl (C=O) groups excluding carboxylic acids is 1. The second-order valence-electron chi connectivity index (χ2n) is 6.24. The number of aromatic nitrogens is 1. The van der Waals surface area contributed by atoms with Crippen LogP contribution in [0.15, 0.2) is 41.1 Å². The zero-order valence-corrected chi connectivity index (χ0v) is 15.5. The summed E-state index contributed by atoms with van der Waals surface area (Å²) in [7, 11) is 0. The van der Waals surface area contributed by atoms with Crippen LogP contribution in [-0.4, -0.2) is 30.1 Å². The van der Waals surface area contributed by atoms with Crippen molar-refractivity contribution in [2.45, 2.75) is 31.8 Å². The fourth-order valence-corrected chi connectivity index (χ4v) is 4.77. The third-order valence-corrected chi connectivity index (χ3v) is 6.22. The van der Waals surface area contributed by atoms with Crippen LogP contribution in [-0.2, 0) is 16.0 Å². The van der Waals surface area contributed by atoms with Crippen molar-refractivity contribution in [2.75, 3.05) is 18.1 Å². The fraction of sp³-hybridized carbons (Fsp3) is 0.368. The minimum atomic E-state index is 0.122. The molecule has 1 amide bonds. The van der Waals surface area contributed by atoms with Crippen LogP contribution in [0.4, 0.5) is 5.13 Å². The number of benzene rings is 1. The fourth-order valence-electron chi connectivity index (χ4n) is 3.08. The average molecular weight is 373 g/mol. The van der Waals surface area contributed by atoms with Gasteiger partial charge in [0.2, 0.25) is 5.91 Å². The Morgan fingerprint density at radius 3 is 3.00 bits per heavy atom. The SMILES string of the molecule is O=C(CCc1ccsc1)N(C[C@H]1CCCO1)c1nc2ccccc2s1. The molecule has 0 unspecified atom stereocenters. The van der Waals surface area contributed by atoms with Gasteiger partial charge in [0, 0.05) is 13.0 Å². The van der Waals surface area contributed by atoms with E-state index in [1.165, 1.54) is 5.56 Å². The van der Waals surface area contributed by atoms with Crippen molar-refractivity contribution in [1.82, 2.24) is 4.98 Å². The Labute approximate surface area is 155 Å². The van der Waals surface area contributed by atoms with Crippen LogP contribution in [0.1, 0.15) is 24.8 Å². The Morgan fingerprint density at radius 1 is 1.32 bits per heavy atom. The van der Waals surface area contributed by atoms with E-state index in [4.69, 9.17) is 9.72 Å². The summed E-state index contributed by atoms with van der Waals surface area (Å²) in [5.41, 5.74) is 2.17. The van der Waals surface area contributed by atoms with Crippen molar-refractivity contribution in [1.29, 1.82) is 0 Å². The van der Waals surface area contributed by atoms with E-state index in [1.807, 2.05) is 23.1 Å². The molecule has 3 aromatic rings. The highest BCUT2D eigenvalue weighted by Gasteiger charge is 2.25. The van der Waals surface area contributed by atoms with E-state index in [0.29, 0.717) is 13.0 Å². The number of para-hydroxylation sites is 1. The second-order valence-corrected chi connectivity index (χ2v) is 8.02. The van der Waals surface area contributed by atoms with Crippen LogP contribution in [0, 0.1) is 0 Å². The number of fused-ring (bicyclic) bond motifs is 1. The summed E-state index contributed by atoms with van der Waals surface area (Å²) in [6, 6.07) is 10.1. The normalized spacial score (nSPS) is 17.2. The predicted molar refractivity (Wildman–Crippen MR) is 104 cm³/mol. The van der Waals surface area contributed by atoms with E-state index in [0.717, 1.165) is 41.2 Å². The molecule has 0 N–H and O–H groups in total. The number of hydrogen-bond donors (Lipinski definition) is 0. The van der Waals surface area contributed by atoms with E-state index in [1.54, 1.807) is 22.7 Å². The van der Waals surface area contributed by atoms with Crippen molar-refractivity contribution in [2.24, 2.45) is 0 Å². The molecule has 1 aliphatic heterocycles. The second kappa shape index (κ2) is 7.64. The monoisotopic (exact) mass is 372 g/mol. The van der Waals surface area contributed by atoms with Gasteiger partial charge < -0.3 is 4.74 Å². The Balaban J connectivity index is 1.55. The zero-order chi connectivity index (χ0) is 17.1. The number of aryl methyl sites for hydroxylation is 1. The Hall–Kier alpha value is -1.76. The molecule has 1 aliphatic rings. The largest absolute Gasteiger partial charge is 0.376 e. The molecule has 0 spiro atoms. The van der Waals surface area contributed by atoms with E-state index in [9.17, 15) is 4.79 Å². The molecule has 0 bridgehead atoms. The third kappa shape index (κ3) is 3.92. The van der Waals surface area contributed by atoms with Crippen molar-refractivity contribution in [3.63, 3.8) is 0 Å². The van der Waals surface area contributed by atoms with Gasteiger partial charge in [-0.15, -0.1) is 0 Å². The van der Waals surface area contributed by atoms with Gasteiger partial charge in [-0.05, 0) is 53.8 Å². The molecule has 6 heteroatoms. The van der Waals surface area contributed by atoms with Gasteiger partial charge in [-0.2, -0.15) is 11.3 Å². The molecule has 3 heterocycles. The highest BCUT2D eigenvalue weighted by atomic mass is 32.1. The Kier molecular flexibility index (Phi) is 5.10. The number of ether oxygens (including phenoxy) is 1. The highest BCUT2D eigenvalue weighted by Crippen LogP contribution is 2.30. The molecule has 0 saturated carbocycles. The molecule has 0 aliphatic carbocycles. The van der Waals surface area contributed by atoms with Crippen LogP contribution in [0.5, 0.6) is 0 Å². The summed E-state index contributed by atoms with van der Waals surface area (Å²) in [4.78, 5) is 19.5. The average Bonchev–Trinajstić information content (AvgIpc) is 3.38. The first-order valence-electron chi connectivity index (χ1n) is 8.58. The number of thiazole rings is 1. The van der Waals surface area contributed by atoms with Crippen LogP contribution in [0.3, 0.4) is 0 Å². The molecule has 1 saturated heterocycles. The molecular formula is C19H20N2O2S2. The van der Waals surface area contributed by atoms with Crippen LogP contribution in [0.2, 0.25) is 0 Å². The van der Waals surface area contributed by atoms with E-state index in [-0.39, 0.29) is 12.0 Å². The molecule has 25 heavy (non-hydrogen) atoms. The smallest absolute Gasteiger partial charge is 0.229 e. The molecule has 1 fully saturated rings. The predicted octanol–water partition coefficient (Wildman–Crippen LogP) is 4.50. The van der Waals surface area contributed by atoms with Gasteiger partial charge in [0.1, 0.15) is 0 Å². The lowest BCUT2D eigenvalue weighted by atomic mass is 10.1. The first kappa shape index (κ1) is 16.7. The van der Waals surface area contributed by atoms with Crippen molar-refractivity contribution in [3.8, 4) is 0 Å². The molecule has 1 aromatic carbocycles. The lowest BCUT2D eigenvalue weighted by Gasteiger charge is -2.23. The van der Waals surface area contributed by atoms with Gasteiger partial charge in [0.05, 0.1) is 22.9 Å². The van der Waals surface area contributed by atoms with Crippen molar-refractivity contribution in [3.05, 3.63) is 46.7 Å². The lowest BCUT2D eigenvalue weighted by Crippen LogP contribution is -2.37. The van der Waals surface area contributed by atoms with Crippen LogP contribution >= 0.6 is 22.7 Å². The molecule has 1 atom stereocenters. The van der Waals surface area contributed by atoms with Gasteiger partial charge >= 0.3 is 0 Å². The highest BCUT2D eigenvalue weighted by molar-refractivity contribution is 7.22. The van der Waals surface area contributed by atoms with Gasteiger partial charge in [-0.25, -0.2) is 4.98 Å². The first-order valence-corrected chi connectivity index (χ1v) is 10.3. The molecule has 2 aromatic heterocycles. The summed E-state index contributed by atoms with van der Waals surface area (Å²) < 4.78 is 6.88. The minimum absolute atomic E-state index is 0.122. The third-order valence-electron chi connectivity index (χ3n) is 4.43. The standard InChI is InChI=1S/C19H20N2O2S2/c22-18(8-7-14-9-11-24-13-14)21(12-15-4-3-10-23-15)19-20-16-5-1-2-6-17(16)25-19/h1-2,5-6,9,11,13,15H,3-4,7-8,10,12H2/t15-/m1/s1. The number of carbonyl (C=O) groups is 1. The number of hydrogen-bond acceptors (Lipinski definition) is 5. The molecule has 4 rings (SSSR count). The Morgan fingerprint density at radius 2 is 2.24 bits per heavy atom. The first-order chi connectivity index (χ1) is 12.3. The van der Waals surface area contributed by atoms with Crippen LogP contribution in [0.25, 0.3) is 10.2 Å². The molecule has 130 valence electrons. The zero-order valence-electron chi connectivity index (χ0n) is 13.9. The maximum Gasteiger partial charge on any atom is 0.229 e. The van der Waals surface area contributed by atoms with Gasteiger partial charge in [0.15, 0.2) is 5.13 Å². The topological polar surface area (TPSA) is 42.4 Å². The lowest BCUT2D eigenvalue weighted by molar-refractivity contribution is -0.119.